The van der Waals surface area contributed by atoms with Gasteiger partial charge in [0.1, 0.15) is 5.82 Å². The summed E-state index contributed by atoms with van der Waals surface area (Å²) in [6, 6.07) is 0. The summed E-state index contributed by atoms with van der Waals surface area (Å²) in [7, 11) is 0. The molecule has 0 bridgehead atoms. The van der Waals surface area contributed by atoms with E-state index in [1.165, 1.54) is 5.57 Å². The average Bonchev–Trinajstić information content (AvgIpc) is 2.28. The van der Waals surface area contributed by atoms with Crippen LogP contribution in [0.4, 0.5) is 0 Å². The molecule has 1 aliphatic rings. The lowest BCUT2D eigenvalue weighted by Gasteiger charge is -2.03. The van der Waals surface area contributed by atoms with Gasteiger partial charge in [0.15, 0.2) is 0 Å². The van der Waals surface area contributed by atoms with E-state index in [9.17, 15) is 0 Å². The summed E-state index contributed by atoms with van der Waals surface area (Å²) in [6.07, 6.45) is 5.68. The van der Waals surface area contributed by atoms with Crippen molar-refractivity contribution in [3.05, 3.63) is 23.2 Å². The van der Waals surface area contributed by atoms with E-state index in [1.54, 1.807) is 0 Å². The molecule has 1 heterocycles. The maximum absolute atomic E-state index is 5.89. The van der Waals surface area contributed by atoms with E-state index >= 15 is 0 Å². The molecule has 0 fully saturated rings. The molecule has 0 amide bonds. The molecule has 0 radical (unpaired) electrons. The van der Waals surface area contributed by atoms with Gasteiger partial charge in [-0.15, -0.1) is 0 Å². The van der Waals surface area contributed by atoms with Crippen molar-refractivity contribution >= 4 is 6.21 Å². The maximum Gasteiger partial charge on any atom is 0.127 e. The summed E-state index contributed by atoms with van der Waals surface area (Å²) in [4.78, 5) is 4.26. The van der Waals surface area contributed by atoms with E-state index < -0.39 is 0 Å². The smallest absolute Gasteiger partial charge is 0.127 e. The van der Waals surface area contributed by atoms with E-state index in [2.05, 4.69) is 17.2 Å². The first-order valence-electron chi connectivity index (χ1n) is 4.73. The van der Waals surface area contributed by atoms with Crippen molar-refractivity contribution in [3.63, 3.8) is 0 Å². The highest BCUT2D eigenvalue weighted by atomic mass is 15.0. The molecule has 0 saturated heterocycles. The summed E-state index contributed by atoms with van der Waals surface area (Å²) in [5.41, 5.74) is 8.01. The Morgan fingerprint density at radius 1 is 1.54 bits per heavy atom. The van der Waals surface area contributed by atoms with E-state index in [0.717, 1.165) is 30.9 Å². The van der Waals surface area contributed by atoms with Gasteiger partial charge in [-0.25, -0.2) is 4.99 Å². The van der Waals surface area contributed by atoms with Crippen molar-refractivity contribution in [2.24, 2.45) is 10.7 Å². The van der Waals surface area contributed by atoms with Crippen LogP contribution in [0.2, 0.25) is 0 Å². The summed E-state index contributed by atoms with van der Waals surface area (Å²) in [6.45, 7) is 5.03. The minimum absolute atomic E-state index is 0.857. The number of nitrogens with two attached hydrogens (primary N) is 1. The molecular weight excluding hydrogens is 162 g/mol. The number of nitrogens with zero attached hydrogens (tertiary/aromatic N) is 1. The van der Waals surface area contributed by atoms with E-state index in [0.29, 0.717) is 0 Å². The molecule has 0 aromatic heterocycles. The second-order valence-electron chi connectivity index (χ2n) is 2.99. The van der Waals surface area contributed by atoms with Gasteiger partial charge in [-0.3, -0.25) is 0 Å². The summed E-state index contributed by atoms with van der Waals surface area (Å²) >= 11 is 0. The van der Waals surface area contributed by atoms with Crippen LogP contribution in [-0.4, -0.2) is 12.8 Å². The number of nitrogens with one attached hydrogen (secondary N) is 1. The minimum Gasteiger partial charge on any atom is -0.399 e. The molecule has 72 valence electrons. The predicted octanol–water partition coefficient (Wildman–Crippen LogP) is 1.53. The van der Waals surface area contributed by atoms with Crippen LogP contribution in [0.25, 0.3) is 0 Å². The molecule has 0 saturated carbocycles. The Kier molecular flexibility index (Phi) is 3.55. The maximum atomic E-state index is 5.89. The number of allylic oxidation sites excluding steroid dienone is 2. The third-order valence-corrected chi connectivity index (χ3v) is 2.05. The molecule has 0 aliphatic carbocycles. The quantitative estimate of drug-likeness (QED) is 0.690. The Morgan fingerprint density at radius 2 is 2.31 bits per heavy atom. The molecule has 0 spiro atoms. The SMILES string of the molecule is CCNC1=CC(N)=C(CC)CC=N1. The highest BCUT2D eigenvalue weighted by Crippen LogP contribution is 2.13. The Hall–Kier alpha value is -1.25. The van der Waals surface area contributed by atoms with Gasteiger partial charge in [0, 0.05) is 31.0 Å². The number of hydrogen-bond donors (Lipinski definition) is 2. The zero-order chi connectivity index (χ0) is 9.68. The molecule has 0 unspecified atom stereocenters. The second kappa shape index (κ2) is 4.70. The van der Waals surface area contributed by atoms with Crippen molar-refractivity contribution in [2.75, 3.05) is 6.54 Å². The molecule has 0 aromatic carbocycles. The summed E-state index contributed by atoms with van der Waals surface area (Å²) in [5.74, 6) is 0.864. The van der Waals surface area contributed by atoms with Crippen molar-refractivity contribution in [3.8, 4) is 0 Å². The van der Waals surface area contributed by atoms with Gasteiger partial charge in [-0.05, 0) is 18.9 Å². The van der Waals surface area contributed by atoms with Crippen LogP contribution in [0.5, 0.6) is 0 Å². The highest BCUT2D eigenvalue weighted by Gasteiger charge is 2.03. The summed E-state index contributed by atoms with van der Waals surface area (Å²) < 4.78 is 0. The zero-order valence-corrected chi connectivity index (χ0v) is 8.30. The van der Waals surface area contributed by atoms with Crippen molar-refractivity contribution in [2.45, 2.75) is 26.7 Å². The lowest BCUT2D eigenvalue weighted by Crippen LogP contribution is -2.11. The van der Waals surface area contributed by atoms with Crippen LogP contribution in [0.15, 0.2) is 28.2 Å². The lowest BCUT2D eigenvalue weighted by molar-refractivity contribution is 0.841. The molecule has 3 heteroatoms. The number of aliphatic imine (C=N–C) groups is 1. The molecular formula is C10H17N3. The van der Waals surface area contributed by atoms with Gasteiger partial charge < -0.3 is 11.1 Å². The zero-order valence-electron chi connectivity index (χ0n) is 8.30. The molecule has 3 N–H and O–H groups in total. The van der Waals surface area contributed by atoms with Crippen LogP contribution in [0.1, 0.15) is 26.7 Å². The Morgan fingerprint density at radius 3 is 2.92 bits per heavy atom. The van der Waals surface area contributed by atoms with Gasteiger partial charge >= 0.3 is 0 Å². The van der Waals surface area contributed by atoms with Crippen LogP contribution in [0, 0.1) is 0 Å². The van der Waals surface area contributed by atoms with Crippen LogP contribution < -0.4 is 11.1 Å². The van der Waals surface area contributed by atoms with Crippen molar-refractivity contribution in [1.82, 2.24) is 5.32 Å². The van der Waals surface area contributed by atoms with Crippen LogP contribution in [-0.2, 0) is 0 Å². The van der Waals surface area contributed by atoms with Gasteiger partial charge in [0.25, 0.3) is 0 Å². The minimum atomic E-state index is 0.857. The van der Waals surface area contributed by atoms with E-state index in [4.69, 9.17) is 5.73 Å². The van der Waals surface area contributed by atoms with Crippen LogP contribution in [0.3, 0.4) is 0 Å². The first-order chi connectivity index (χ1) is 6.27. The van der Waals surface area contributed by atoms with Crippen molar-refractivity contribution in [1.29, 1.82) is 0 Å². The van der Waals surface area contributed by atoms with Crippen molar-refractivity contribution < 1.29 is 0 Å². The third kappa shape index (κ3) is 2.61. The molecule has 0 atom stereocenters. The fourth-order valence-electron chi connectivity index (χ4n) is 1.28. The normalized spacial score (nSPS) is 16.9. The fraction of sp³-hybridized carbons (Fsp3) is 0.500. The van der Waals surface area contributed by atoms with E-state index in [1.807, 2.05) is 19.2 Å². The van der Waals surface area contributed by atoms with Gasteiger partial charge in [0.05, 0.1) is 0 Å². The second-order valence-corrected chi connectivity index (χ2v) is 2.99. The average molecular weight is 179 g/mol. The standard InChI is InChI=1S/C10H17N3/c1-3-8-5-6-13-10(12-4-2)7-9(8)11/h6-7,12H,3-5,11H2,1-2H3. The first-order valence-corrected chi connectivity index (χ1v) is 4.73. The third-order valence-electron chi connectivity index (χ3n) is 2.05. The van der Waals surface area contributed by atoms with Crippen LogP contribution >= 0.6 is 0 Å². The topological polar surface area (TPSA) is 50.4 Å². The van der Waals surface area contributed by atoms with Gasteiger partial charge in [-0.2, -0.15) is 0 Å². The lowest BCUT2D eigenvalue weighted by atomic mass is 10.1. The van der Waals surface area contributed by atoms with Gasteiger partial charge in [-0.1, -0.05) is 6.92 Å². The Balaban J connectivity index is 2.83. The summed E-state index contributed by atoms with van der Waals surface area (Å²) in [5, 5.41) is 3.15. The molecule has 13 heavy (non-hydrogen) atoms. The highest BCUT2D eigenvalue weighted by molar-refractivity contribution is 5.64. The molecule has 0 aromatic rings. The molecule has 1 rings (SSSR count). The predicted molar refractivity (Wildman–Crippen MR) is 56.4 cm³/mol. The molecule has 1 aliphatic heterocycles. The monoisotopic (exact) mass is 179 g/mol. The number of hydrogen-bond acceptors (Lipinski definition) is 3. The van der Waals surface area contributed by atoms with Gasteiger partial charge in [0.2, 0.25) is 0 Å². The molecule has 3 nitrogen and oxygen atoms in total. The Labute approximate surface area is 79.4 Å². The first kappa shape index (κ1) is 9.84. The largest absolute Gasteiger partial charge is 0.399 e. The number of rotatable bonds is 3. The fourth-order valence-corrected chi connectivity index (χ4v) is 1.28. The van der Waals surface area contributed by atoms with E-state index in [-0.39, 0.29) is 0 Å². The Bertz CT molecular complexity index is 261.